The maximum Gasteiger partial charge on any atom is 0.136 e. The molecule has 0 fully saturated rings. The van der Waals surface area contributed by atoms with Crippen LogP contribution in [-0.2, 0) is 5.60 Å². The lowest BCUT2D eigenvalue weighted by Crippen LogP contribution is -2.36. The number of pyridine rings is 2. The van der Waals surface area contributed by atoms with Crippen LogP contribution in [0, 0.1) is 0 Å². The summed E-state index contributed by atoms with van der Waals surface area (Å²) in [5.41, 5.74) is -0.869. The zero-order valence-corrected chi connectivity index (χ0v) is 9.95. The van der Waals surface area contributed by atoms with E-state index in [0.717, 1.165) is 0 Å². The number of aliphatic hydroxyl groups excluding tert-OH is 1. The van der Waals surface area contributed by atoms with E-state index >= 15 is 0 Å². The SMILES string of the molecule is CC([O-])(/C=C(/O)c1ccccn1)c1ccccn1. The van der Waals surface area contributed by atoms with Crippen LogP contribution in [0.5, 0.6) is 0 Å². The Balaban J connectivity index is 2.32. The van der Waals surface area contributed by atoms with Crippen LogP contribution in [0.25, 0.3) is 5.76 Å². The molecule has 0 aromatic carbocycles. The molecular weight excluding hydrogens is 228 g/mol. The van der Waals surface area contributed by atoms with Crippen molar-refractivity contribution in [1.29, 1.82) is 0 Å². The van der Waals surface area contributed by atoms with Crippen LogP contribution in [-0.4, -0.2) is 15.1 Å². The maximum absolute atomic E-state index is 12.4. The summed E-state index contributed by atoms with van der Waals surface area (Å²) in [6.45, 7) is 1.45. The number of aliphatic hydroxyl groups is 1. The molecule has 1 atom stereocenters. The molecule has 1 unspecified atom stereocenters. The third-order valence-electron chi connectivity index (χ3n) is 2.51. The van der Waals surface area contributed by atoms with Crippen molar-refractivity contribution in [1.82, 2.24) is 9.97 Å². The van der Waals surface area contributed by atoms with Gasteiger partial charge in [0.05, 0.1) is 0 Å². The minimum Gasteiger partial charge on any atom is -0.842 e. The van der Waals surface area contributed by atoms with Gasteiger partial charge in [0.2, 0.25) is 0 Å². The molecule has 18 heavy (non-hydrogen) atoms. The van der Waals surface area contributed by atoms with Crippen LogP contribution in [0.15, 0.2) is 54.9 Å². The van der Waals surface area contributed by atoms with E-state index in [4.69, 9.17) is 0 Å². The fourth-order valence-corrected chi connectivity index (χ4v) is 1.58. The first-order chi connectivity index (χ1) is 8.59. The van der Waals surface area contributed by atoms with Gasteiger partial charge < -0.3 is 10.2 Å². The molecule has 0 radical (unpaired) electrons. The van der Waals surface area contributed by atoms with Gasteiger partial charge in [-0.1, -0.05) is 19.1 Å². The van der Waals surface area contributed by atoms with Crippen LogP contribution < -0.4 is 5.11 Å². The molecule has 2 rings (SSSR count). The van der Waals surface area contributed by atoms with Gasteiger partial charge in [-0.05, 0) is 35.9 Å². The molecule has 0 amide bonds. The van der Waals surface area contributed by atoms with E-state index in [1.165, 1.54) is 13.0 Å². The molecule has 0 saturated heterocycles. The van der Waals surface area contributed by atoms with E-state index < -0.39 is 5.60 Å². The molecule has 4 nitrogen and oxygen atoms in total. The average molecular weight is 241 g/mol. The Morgan fingerprint density at radius 3 is 2.39 bits per heavy atom. The molecule has 4 heteroatoms. The van der Waals surface area contributed by atoms with E-state index in [0.29, 0.717) is 11.4 Å². The van der Waals surface area contributed by atoms with Gasteiger partial charge in [0.1, 0.15) is 11.5 Å². The van der Waals surface area contributed by atoms with Crippen molar-refractivity contribution >= 4 is 5.76 Å². The predicted octanol–water partition coefficient (Wildman–Crippen LogP) is 1.65. The van der Waals surface area contributed by atoms with E-state index in [-0.39, 0.29) is 5.76 Å². The second-order valence-corrected chi connectivity index (χ2v) is 4.07. The highest BCUT2D eigenvalue weighted by atomic mass is 16.3. The van der Waals surface area contributed by atoms with Crippen LogP contribution in [0.3, 0.4) is 0 Å². The van der Waals surface area contributed by atoms with Gasteiger partial charge in [-0.2, -0.15) is 0 Å². The van der Waals surface area contributed by atoms with Gasteiger partial charge in [-0.25, -0.2) is 0 Å². The van der Waals surface area contributed by atoms with Gasteiger partial charge in [0.15, 0.2) is 0 Å². The Morgan fingerprint density at radius 1 is 1.17 bits per heavy atom. The molecular formula is C14H13N2O2-. The third-order valence-corrected chi connectivity index (χ3v) is 2.51. The van der Waals surface area contributed by atoms with Crippen molar-refractivity contribution in [3.8, 4) is 0 Å². The highest BCUT2D eigenvalue weighted by molar-refractivity contribution is 5.56. The molecule has 0 aliphatic heterocycles. The summed E-state index contributed by atoms with van der Waals surface area (Å²) in [5, 5.41) is 22.2. The topological polar surface area (TPSA) is 69.1 Å². The van der Waals surface area contributed by atoms with E-state index in [2.05, 4.69) is 9.97 Å². The molecule has 0 aliphatic rings. The average Bonchev–Trinajstić information content (AvgIpc) is 2.40. The Bertz CT molecular complexity index is 536. The molecule has 0 bridgehead atoms. The van der Waals surface area contributed by atoms with Crippen LogP contribution in [0.4, 0.5) is 0 Å². The Hall–Kier alpha value is -2.20. The smallest absolute Gasteiger partial charge is 0.136 e. The van der Waals surface area contributed by atoms with Crippen LogP contribution in [0.2, 0.25) is 0 Å². The third kappa shape index (κ3) is 2.73. The Labute approximate surface area is 105 Å². The predicted molar refractivity (Wildman–Crippen MR) is 66.4 cm³/mol. The highest BCUT2D eigenvalue weighted by Gasteiger charge is 2.13. The number of hydrogen-bond donors (Lipinski definition) is 1. The molecule has 0 aliphatic carbocycles. The molecule has 2 heterocycles. The summed E-state index contributed by atoms with van der Waals surface area (Å²) in [4.78, 5) is 7.99. The van der Waals surface area contributed by atoms with Crippen molar-refractivity contribution in [2.75, 3.05) is 0 Å². The van der Waals surface area contributed by atoms with Crippen molar-refractivity contribution in [2.45, 2.75) is 12.5 Å². The summed E-state index contributed by atoms with van der Waals surface area (Å²) in [5.74, 6) is -0.140. The molecule has 2 aromatic heterocycles. The quantitative estimate of drug-likeness (QED) is 0.829. The summed E-state index contributed by atoms with van der Waals surface area (Å²) in [6.07, 6.45) is 4.33. The first-order valence-corrected chi connectivity index (χ1v) is 5.55. The summed E-state index contributed by atoms with van der Waals surface area (Å²) in [6, 6.07) is 10.2. The van der Waals surface area contributed by atoms with Crippen LogP contribution >= 0.6 is 0 Å². The Morgan fingerprint density at radius 2 is 1.83 bits per heavy atom. The lowest BCUT2D eigenvalue weighted by Gasteiger charge is -2.32. The van der Waals surface area contributed by atoms with Gasteiger partial charge in [0, 0.05) is 18.1 Å². The second kappa shape index (κ2) is 4.98. The Kier molecular flexibility index (Phi) is 3.39. The second-order valence-electron chi connectivity index (χ2n) is 4.07. The monoisotopic (exact) mass is 241 g/mol. The summed E-state index contributed by atoms with van der Waals surface area (Å²) in [7, 11) is 0. The molecule has 0 saturated carbocycles. The minimum atomic E-state index is -1.59. The number of aromatic nitrogens is 2. The van der Waals surface area contributed by atoms with Gasteiger partial charge in [-0.15, -0.1) is 0 Å². The van der Waals surface area contributed by atoms with E-state index in [9.17, 15) is 10.2 Å². The first-order valence-electron chi connectivity index (χ1n) is 5.55. The van der Waals surface area contributed by atoms with Gasteiger partial charge >= 0.3 is 0 Å². The largest absolute Gasteiger partial charge is 0.842 e. The van der Waals surface area contributed by atoms with Gasteiger partial charge in [0.25, 0.3) is 0 Å². The van der Waals surface area contributed by atoms with E-state index in [1.54, 1.807) is 48.8 Å². The summed E-state index contributed by atoms with van der Waals surface area (Å²) >= 11 is 0. The zero-order valence-electron chi connectivity index (χ0n) is 9.95. The molecule has 92 valence electrons. The maximum atomic E-state index is 12.4. The molecule has 0 spiro atoms. The number of hydrogen-bond acceptors (Lipinski definition) is 4. The van der Waals surface area contributed by atoms with Crippen molar-refractivity contribution in [3.05, 3.63) is 66.3 Å². The first kappa shape index (κ1) is 12.3. The molecule has 2 aromatic rings. The number of nitrogens with zero attached hydrogens (tertiary/aromatic N) is 2. The fraction of sp³-hybridized carbons (Fsp3) is 0.143. The lowest BCUT2D eigenvalue weighted by atomic mass is 10.00. The van der Waals surface area contributed by atoms with Crippen LogP contribution in [0.1, 0.15) is 18.3 Å². The molecule has 1 N–H and O–H groups in total. The standard InChI is InChI=1S/C14H13N2O2/c1-14(18,13-7-3-5-9-16-13)10-12(17)11-6-2-4-8-15-11/h2-10,17H,1H3/q-1/b12-10+. The van der Waals surface area contributed by atoms with Crippen molar-refractivity contribution in [3.63, 3.8) is 0 Å². The lowest BCUT2D eigenvalue weighted by molar-refractivity contribution is -0.463. The number of rotatable bonds is 3. The zero-order chi connectivity index (χ0) is 13.0. The fourth-order valence-electron chi connectivity index (χ4n) is 1.58. The van der Waals surface area contributed by atoms with Gasteiger partial charge in [-0.3, -0.25) is 9.97 Å². The summed E-state index contributed by atoms with van der Waals surface area (Å²) < 4.78 is 0. The van der Waals surface area contributed by atoms with Crippen molar-refractivity contribution in [2.24, 2.45) is 0 Å². The normalized spacial score (nSPS) is 15.1. The van der Waals surface area contributed by atoms with E-state index in [1.807, 2.05) is 0 Å². The van der Waals surface area contributed by atoms with Crippen molar-refractivity contribution < 1.29 is 10.2 Å². The highest BCUT2D eigenvalue weighted by Crippen LogP contribution is 2.20. The minimum absolute atomic E-state index is 0.140.